The molecule has 54 heavy (non-hydrogen) atoms. The van der Waals surface area contributed by atoms with Gasteiger partial charge in [0.1, 0.15) is 5.82 Å². The van der Waals surface area contributed by atoms with Gasteiger partial charge in [-0.05, 0) is 74.1 Å². The summed E-state index contributed by atoms with van der Waals surface area (Å²) in [5, 5.41) is 6.46. The van der Waals surface area contributed by atoms with E-state index in [2.05, 4.69) is 52.8 Å². The van der Waals surface area contributed by atoms with Gasteiger partial charge in [-0.3, -0.25) is 14.5 Å². The molecule has 1 aliphatic carbocycles. The van der Waals surface area contributed by atoms with Crippen LogP contribution in [0.4, 0.5) is 28.7 Å². The van der Waals surface area contributed by atoms with Crippen LogP contribution in [0.1, 0.15) is 37.6 Å². The average Bonchev–Trinajstić information content (AvgIpc) is 3.59. The molecule has 3 aromatic heterocycles. The van der Waals surface area contributed by atoms with Crippen molar-refractivity contribution in [2.75, 3.05) is 59.2 Å². The second-order valence-electron chi connectivity index (χ2n) is 15.7. The van der Waals surface area contributed by atoms with E-state index in [-0.39, 0.29) is 35.3 Å². The van der Waals surface area contributed by atoms with Crippen LogP contribution in [-0.4, -0.2) is 89.8 Å². The van der Waals surface area contributed by atoms with Crippen LogP contribution in [0.25, 0.3) is 11.3 Å². The van der Waals surface area contributed by atoms with E-state index >= 15 is 0 Å². The third-order valence-electron chi connectivity index (χ3n) is 11.2. The lowest BCUT2D eigenvalue weighted by Gasteiger charge is -2.46. The van der Waals surface area contributed by atoms with Gasteiger partial charge < -0.3 is 29.4 Å². The van der Waals surface area contributed by atoms with Crippen molar-refractivity contribution in [3.63, 3.8) is 0 Å². The number of nitrogens with zero attached hydrogens (tertiary/aromatic N) is 7. The topological polar surface area (TPSA) is 147 Å². The van der Waals surface area contributed by atoms with Crippen LogP contribution < -0.4 is 25.4 Å². The number of piperazine rings is 1. The summed E-state index contributed by atoms with van der Waals surface area (Å²) >= 11 is 0. The largest absolute Gasteiger partial charge is 0.378 e. The van der Waals surface area contributed by atoms with Crippen LogP contribution >= 0.6 is 0 Å². The quantitative estimate of drug-likeness (QED) is 0.253. The lowest BCUT2D eigenvalue weighted by atomic mass is 9.90. The van der Waals surface area contributed by atoms with E-state index in [1.807, 2.05) is 29.7 Å². The zero-order valence-corrected chi connectivity index (χ0v) is 32.2. The number of fused-ring (bicyclic) bond motifs is 3. The van der Waals surface area contributed by atoms with Gasteiger partial charge in [0.2, 0.25) is 5.91 Å². The van der Waals surface area contributed by atoms with Crippen LogP contribution in [0.3, 0.4) is 0 Å². The van der Waals surface area contributed by atoms with E-state index in [1.54, 1.807) is 31.6 Å². The molecule has 2 N–H and O–H groups in total. The van der Waals surface area contributed by atoms with Crippen LogP contribution in [0.2, 0.25) is 0 Å². The summed E-state index contributed by atoms with van der Waals surface area (Å²) in [6.07, 6.45) is 6.14. The van der Waals surface area contributed by atoms with Crippen LogP contribution in [-0.2, 0) is 46.0 Å². The predicted molar refractivity (Wildman–Crippen MR) is 209 cm³/mol. The number of benzene rings is 1. The monoisotopic (exact) mass is 753 g/mol. The molecule has 4 aliphatic rings. The number of hydrogen-bond donors (Lipinski definition) is 2. The molecule has 3 aliphatic heterocycles. The molecule has 0 unspecified atom stereocenters. The summed E-state index contributed by atoms with van der Waals surface area (Å²) in [5.74, 6) is 0.0650. The van der Waals surface area contributed by atoms with Gasteiger partial charge >= 0.3 is 0 Å². The standard InChI is InChI=1S/C39H47N9O5S/c1-7-34(49)42-30-17-27(8-9-32(30)46-13-12-45(20-24(46)2)28-22-53-23-28)41-36-38(50)44(6)21-31(43-36)29-10-11-40-37(25(29)3)48-15-14-47-33-19-39(4,5)18-26(33)16-35(47)54(48,51)52/h7-11,16-17,21,24,28H,1,12-15,18-20,22-23H2,2-6H3,(H,41,43)(H,42,49)/t24-/m0/s1. The minimum atomic E-state index is -3.87. The Bertz CT molecular complexity index is 2350. The molecular weight excluding hydrogens is 707 g/mol. The van der Waals surface area contributed by atoms with Gasteiger partial charge in [-0.1, -0.05) is 20.4 Å². The van der Waals surface area contributed by atoms with Gasteiger partial charge in [0.05, 0.1) is 42.9 Å². The Hall–Kier alpha value is -4.99. The van der Waals surface area contributed by atoms with E-state index in [0.29, 0.717) is 51.6 Å². The maximum Gasteiger partial charge on any atom is 0.293 e. The zero-order chi connectivity index (χ0) is 38.1. The Morgan fingerprint density at radius 1 is 1.09 bits per heavy atom. The summed E-state index contributed by atoms with van der Waals surface area (Å²) < 4.78 is 38.4. The number of carbonyl (C=O) groups excluding carboxylic acids is 1. The summed E-state index contributed by atoms with van der Waals surface area (Å²) in [4.78, 5) is 40.1. The van der Waals surface area contributed by atoms with Crippen molar-refractivity contribution in [3.8, 4) is 11.3 Å². The van der Waals surface area contributed by atoms with E-state index in [1.165, 1.54) is 14.9 Å². The zero-order valence-electron chi connectivity index (χ0n) is 31.4. The molecule has 1 aromatic carbocycles. The molecule has 8 rings (SSSR count). The summed E-state index contributed by atoms with van der Waals surface area (Å²) in [7, 11) is -2.22. The molecule has 1 atom stereocenters. The molecule has 6 heterocycles. The molecule has 14 nitrogen and oxygen atoms in total. The van der Waals surface area contributed by atoms with Gasteiger partial charge in [0, 0.05) is 74.2 Å². The van der Waals surface area contributed by atoms with E-state index < -0.39 is 10.0 Å². The minimum absolute atomic E-state index is 0.0760. The molecular formula is C39H47N9O5S. The Balaban J connectivity index is 1.08. The SMILES string of the molecule is C=CC(=O)Nc1cc(Nc2nc(-c3ccnc(N4CCn5c(cc6c5CC(C)(C)C6)S4(=O)=O)c3C)cn(C)c2=O)ccc1N1CCN(C2COC2)C[C@@H]1C. The maximum absolute atomic E-state index is 14.1. The second-order valence-corrected chi connectivity index (χ2v) is 17.5. The van der Waals surface area contributed by atoms with Gasteiger partial charge in [-0.2, -0.15) is 8.42 Å². The lowest BCUT2D eigenvalue weighted by molar-refractivity contribution is -0.111. The first-order chi connectivity index (χ1) is 25.7. The highest BCUT2D eigenvalue weighted by molar-refractivity contribution is 7.92. The molecule has 0 spiro atoms. The molecule has 4 aromatic rings. The molecule has 2 fully saturated rings. The molecule has 2 saturated heterocycles. The Labute approximate surface area is 315 Å². The third kappa shape index (κ3) is 6.27. The van der Waals surface area contributed by atoms with Crippen LogP contribution in [0.5, 0.6) is 0 Å². The Morgan fingerprint density at radius 3 is 2.61 bits per heavy atom. The van der Waals surface area contributed by atoms with Crippen molar-refractivity contribution in [1.82, 2.24) is 24.0 Å². The number of aryl methyl sites for hydroxylation is 1. The highest BCUT2D eigenvalue weighted by Crippen LogP contribution is 2.42. The Morgan fingerprint density at radius 2 is 1.89 bits per heavy atom. The van der Waals surface area contributed by atoms with Crippen molar-refractivity contribution in [1.29, 1.82) is 0 Å². The average molecular weight is 754 g/mol. The smallest absolute Gasteiger partial charge is 0.293 e. The van der Waals surface area contributed by atoms with Crippen molar-refractivity contribution < 1.29 is 17.9 Å². The third-order valence-corrected chi connectivity index (χ3v) is 13.0. The number of amides is 1. The number of sulfonamides is 1. The number of hydrogen-bond acceptors (Lipinski definition) is 10. The van der Waals surface area contributed by atoms with Crippen LogP contribution in [0.15, 0.2) is 65.2 Å². The van der Waals surface area contributed by atoms with Crippen molar-refractivity contribution in [2.24, 2.45) is 12.5 Å². The first-order valence-corrected chi connectivity index (χ1v) is 19.9. The molecule has 0 radical (unpaired) electrons. The number of ether oxygens (including phenoxy) is 1. The first-order valence-electron chi connectivity index (χ1n) is 18.4. The highest BCUT2D eigenvalue weighted by Gasteiger charge is 2.41. The number of anilines is 5. The van der Waals surface area contributed by atoms with E-state index in [9.17, 15) is 18.0 Å². The molecule has 0 bridgehead atoms. The first kappa shape index (κ1) is 36.0. The number of carbonyl (C=O) groups is 1. The van der Waals surface area contributed by atoms with E-state index in [4.69, 9.17) is 9.72 Å². The van der Waals surface area contributed by atoms with Crippen molar-refractivity contribution in [2.45, 2.75) is 64.2 Å². The van der Waals surface area contributed by atoms with Gasteiger partial charge in [0.15, 0.2) is 10.8 Å². The van der Waals surface area contributed by atoms with Gasteiger partial charge in [-0.15, -0.1) is 0 Å². The minimum Gasteiger partial charge on any atom is -0.378 e. The number of pyridine rings is 1. The fourth-order valence-electron chi connectivity index (χ4n) is 8.38. The summed E-state index contributed by atoms with van der Waals surface area (Å²) in [6, 6.07) is 9.87. The maximum atomic E-state index is 14.1. The summed E-state index contributed by atoms with van der Waals surface area (Å²) in [5.41, 5.74) is 5.74. The predicted octanol–water partition coefficient (Wildman–Crippen LogP) is 4.06. The Kier molecular flexibility index (Phi) is 8.93. The fourth-order valence-corrected chi connectivity index (χ4v) is 10.1. The molecule has 1 amide bonds. The molecule has 284 valence electrons. The van der Waals surface area contributed by atoms with Crippen molar-refractivity contribution in [3.05, 3.63) is 82.6 Å². The van der Waals surface area contributed by atoms with Crippen LogP contribution in [0, 0.1) is 12.3 Å². The lowest BCUT2D eigenvalue weighted by Crippen LogP contribution is -2.59. The highest BCUT2D eigenvalue weighted by atomic mass is 32.2. The van der Waals surface area contributed by atoms with E-state index in [0.717, 1.165) is 62.6 Å². The fraction of sp³-hybridized carbons (Fsp3) is 0.436. The van der Waals surface area contributed by atoms with Gasteiger partial charge in [0.25, 0.3) is 15.6 Å². The molecule has 0 saturated carbocycles. The summed E-state index contributed by atoms with van der Waals surface area (Å²) in [6.45, 7) is 16.9. The number of nitrogens with one attached hydrogen (secondary N) is 2. The van der Waals surface area contributed by atoms with Crippen molar-refractivity contribution >= 4 is 44.6 Å². The normalized spacial score (nSPS) is 20.6. The second kappa shape index (κ2) is 13.4. The number of aromatic nitrogens is 4. The molecule has 15 heteroatoms. The van der Waals surface area contributed by atoms with Gasteiger partial charge in [-0.25, -0.2) is 14.3 Å². The number of rotatable bonds is 8.